The van der Waals surface area contributed by atoms with Crippen LogP contribution in [0.5, 0.6) is 0 Å². The number of barbiturate groups is 1. The quantitative estimate of drug-likeness (QED) is 0.430. The summed E-state index contributed by atoms with van der Waals surface area (Å²) in [5.74, 6) is -0.741. The second kappa shape index (κ2) is 5.80. The molecule has 1 saturated heterocycles. The molecule has 0 radical (unpaired) electrons. The Morgan fingerprint density at radius 1 is 1.12 bits per heavy atom. The minimum atomic E-state index is -1.08. The van der Waals surface area contributed by atoms with Gasteiger partial charge in [0.25, 0.3) is 0 Å². The van der Waals surface area contributed by atoms with Crippen molar-refractivity contribution in [2.45, 2.75) is 33.6 Å². The fourth-order valence-electron chi connectivity index (χ4n) is 1.93. The predicted molar refractivity (Wildman–Crippen MR) is 53.9 cm³/mol. The van der Waals surface area contributed by atoms with Gasteiger partial charge in [0.15, 0.2) is 0 Å². The smallest absolute Gasteiger partial charge is 0.277 e. The molecule has 16 heavy (non-hydrogen) atoms. The van der Waals surface area contributed by atoms with Gasteiger partial charge in [0, 0.05) is 0 Å². The van der Waals surface area contributed by atoms with Crippen LogP contribution in [-0.2, 0) is 9.59 Å². The van der Waals surface area contributed by atoms with E-state index in [0.717, 1.165) is 0 Å². The molecule has 0 aromatic rings. The van der Waals surface area contributed by atoms with E-state index in [-0.39, 0.29) is 35.5 Å². The van der Waals surface area contributed by atoms with Crippen molar-refractivity contribution in [1.82, 2.24) is 10.6 Å². The first-order chi connectivity index (χ1) is 6.92. The number of hydrogen-bond acceptors (Lipinski definition) is 3. The van der Waals surface area contributed by atoms with Crippen LogP contribution in [0.25, 0.3) is 0 Å². The van der Waals surface area contributed by atoms with Gasteiger partial charge in [-0.25, -0.2) is 4.79 Å². The largest absolute Gasteiger partial charge is 1.00 e. The average Bonchev–Trinajstić information content (AvgIpc) is 2.11. The fraction of sp³-hybridized carbons (Fsp3) is 0.700. The summed E-state index contributed by atoms with van der Waals surface area (Å²) in [6.07, 6.45) is 0.852. The Bertz CT molecular complexity index is 295. The van der Waals surface area contributed by atoms with Gasteiger partial charge in [-0.15, -0.1) is 0 Å². The van der Waals surface area contributed by atoms with Crippen molar-refractivity contribution in [1.29, 1.82) is 0 Å². The molecule has 1 heterocycles. The molecule has 1 rings (SSSR count). The Morgan fingerprint density at radius 3 is 1.88 bits per heavy atom. The molecule has 0 aromatic heterocycles. The summed E-state index contributed by atoms with van der Waals surface area (Å²) in [5, 5.41) is 4.29. The van der Waals surface area contributed by atoms with Gasteiger partial charge in [-0.1, -0.05) is 20.8 Å². The van der Waals surface area contributed by atoms with E-state index >= 15 is 0 Å². The van der Waals surface area contributed by atoms with Crippen molar-refractivity contribution >= 4 is 17.8 Å². The Labute approximate surface area is 117 Å². The Kier molecular flexibility index (Phi) is 5.65. The summed E-state index contributed by atoms with van der Waals surface area (Å²) in [6, 6.07) is -0.724. The third kappa shape index (κ3) is 2.84. The van der Waals surface area contributed by atoms with Gasteiger partial charge < -0.3 is 0 Å². The monoisotopic (exact) mass is 235 g/mol. The standard InChI is InChI=1S/C10H16N2O3.Na/c1-4-10(5-6(2)3)7(13)11-9(15)12-8(10)14;/h6H,4-5H2,1-3H3,(H2,11,12,13,14,15);/q;+1. The summed E-state index contributed by atoms with van der Waals surface area (Å²) >= 11 is 0. The number of rotatable bonds is 3. The molecule has 0 unspecified atom stereocenters. The molecule has 0 saturated carbocycles. The number of urea groups is 1. The summed E-state index contributed by atoms with van der Waals surface area (Å²) in [6.45, 7) is 5.65. The second-order valence-electron chi connectivity index (χ2n) is 4.27. The maximum absolute atomic E-state index is 11.7. The molecule has 4 amide bonds. The van der Waals surface area contributed by atoms with Crippen LogP contribution in [0.2, 0.25) is 0 Å². The van der Waals surface area contributed by atoms with Crippen LogP contribution < -0.4 is 40.2 Å². The van der Waals surface area contributed by atoms with Crippen molar-refractivity contribution in [3.8, 4) is 0 Å². The third-order valence-electron chi connectivity index (χ3n) is 2.68. The van der Waals surface area contributed by atoms with Gasteiger partial charge in [0.05, 0.1) is 0 Å². The molecular weight excluding hydrogens is 219 g/mol. The minimum Gasteiger partial charge on any atom is -0.277 e. The number of imide groups is 2. The molecule has 0 aliphatic carbocycles. The number of carbonyl (C=O) groups excluding carboxylic acids is 3. The normalized spacial score (nSPS) is 18.9. The predicted octanol–water partition coefficient (Wildman–Crippen LogP) is -2.20. The Hall–Kier alpha value is -0.390. The van der Waals surface area contributed by atoms with Crippen molar-refractivity contribution in [2.75, 3.05) is 0 Å². The minimum absolute atomic E-state index is 0. The van der Waals surface area contributed by atoms with Gasteiger partial charge >= 0.3 is 35.6 Å². The van der Waals surface area contributed by atoms with Crippen molar-refractivity contribution in [2.24, 2.45) is 11.3 Å². The molecule has 1 fully saturated rings. The van der Waals surface area contributed by atoms with Gasteiger partial charge in [-0.3, -0.25) is 20.2 Å². The zero-order valence-corrected chi connectivity index (χ0v) is 12.2. The SMILES string of the molecule is CCC1(CC(C)C)C(=O)NC(=O)NC1=O.[Na+]. The molecule has 6 heteroatoms. The van der Waals surface area contributed by atoms with E-state index in [1.54, 1.807) is 6.92 Å². The average molecular weight is 235 g/mol. The third-order valence-corrected chi connectivity index (χ3v) is 2.68. The van der Waals surface area contributed by atoms with E-state index in [9.17, 15) is 14.4 Å². The van der Waals surface area contributed by atoms with E-state index in [0.29, 0.717) is 12.8 Å². The first kappa shape index (κ1) is 15.6. The van der Waals surface area contributed by atoms with E-state index in [1.807, 2.05) is 13.8 Å². The molecular formula is C10H16N2NaO3+. The number of hydrogen-bond donors (Lipinski definition) is 2. The van der Waals surface area contributed by atoms with Gasteiger partial charge in [-0.05, 0) is 18.8 Å². The summed E-state index contributed by atoms with van der Waals surface area (Å²) in [7, 11) is 0. The fourth-order valence-corrected chi connectivity index (χ4v) is 1.93. The summed E-state index contributed by atoms with van der Waals surface area (Å²) in [4.78, 5) is 34.3. The zero-order chi connectivity index (χ0) is 11.6. The van der Waals surface area contributed by atoms with Gasteiger partial charge in [0.2, 0.25) is 11.8 Å². The molecule has 0 bridgehead atoms. The van der Waals surface area contributed by atoms with Gasteiger partial charge in [0.1, 0.15) is 5.41 Å². The molecule has 0 atom stereocenters. The Morgan fingerprint density at radius 2 is 1.56 bits per heavy atom. The number of carbonyl (C=O) groups is 3. The molecule has 84 valence electrons. The van der Waals surface area contributed by atoms with Crippen LogP contribution in [-0.4, -0.2) is 17.8 Å². The maximum Gasteiger partial charge on any atom is 1.00 e. The molecule has 2 N–H and O–H groups in total. The van der Waals surface area contributed by atoms with Crippen molar-refractivity contribution < 1.29 is 43.9 Å². The van der Waals surface area contributed by atoms with E-state index in [4.69, 9.17) is 0 Å². The Balaban J connectivity index is 0.00000225. The molecule has 0 spiro atoms. The maximum atomic E-state index is 11.7. The summed E-state index contributed by atoms with van der Waals surface area (Å²) < 4.78 is 0. The zero-order valence-electron chi connectivity index (χ0n) is 10.2. The number of amides is 4. The first-order valence-electron chi connectivity index (χ1n) is 5.09. The van der Waals surface area contributed by atoms with Crippen LogP contribution in [0.3, 0.4) is 0 Å². The number of nitrogens with one attached hydrogen (secondary N) is 2. The topological polar surface area (TPSA) is 75.3 Å². The van der Waals surface area contributed by atoms with Crippen LogP contribution in [0.15, 0.2) is 0 Å². The van der Waals surface area contributed by atoms with Crippen molar-refractivity contribution in [3.05, 3.63) is 0 Å². The molecule has 1 aliphatic rings. The van der Waals surface area contributed by atoms with E-state index < -0.39 is 23.3 Å². The van der Waals surface area contributed by atoms with Crippen LogP contribution in [0.4, 0.5) is 4.79 Å². The molecule has 5 nitrogen and oxygen atoms in total. The molecule has 1 aliphatic heterocycles. The van der Waals surface area contributed by atoms with Crippen LogP contribution in [0, 0.1) is 11.3 Å². The van der Waals surface area contributed by atoms with E-state index in [1.165, 1.54) is 0 Å². The van der Waals surface area contributed by atoms with E-state index in [2.05, 4.69) is 10.6 Å². The first-order valence-corrected chi connectivity index (χ1v) is 5.09. The second-order valence-corrected chi connectivity index (χ2v) is 4.27. The van der Waals surface area contributed by atoms with Crippen LogP contribution >= 0.6 is 0 Å². The van der Waals surface area contributed by atoms with Gasteiger partial charge in [-0.2, -0.15) is 0 Å². The molecule has 0 aromatic carbocycles. The van der Waals surface area contributed by atoms with Crippen LogP contribution in [0.1, 0.15) is 33.6 Å². The summed E-state index contributed by atoms with van der Waals surface area (Å²) in [5.41, 5.74) is -1.08. The van der Waals surface area contributed by atoms with Crippen molar-refractivity contribution in [3.63, 3.8) is 0 Å².